The van der Waals surface area contributed by atoms with Gasteiger partial charge in [0.2, 0.25) is 5.91 Å². The summed E-state index contributed by atoms with van der Waals surface area (Å²) in [6, 6.07) is 11.9. The third-order valence-corrected chi connectivity index (χ3v) is 6.98. The number of fused-ring (bicyclic) bond motifs is 1. The van der Waals surface area contributed by atoms with Crippen molar-refractivity contribution in [1.29, 1.82) is 0 Å². The molecule has 1 saturated heterocycles. The van der Waals surface area contributed by atoms with E-state index < -0.39 is 0 Å². The van der Waals surface area contributed by atoms with Crippen LogP contribution in [-0.4, -0.2) is 24.0 Å². The fourth-order valence-corrected chi connectivity index (χ4v) is 5.17. The largest absolute Gasteiger partial charge is 0.349 e. The van der Waals surface area contributed by atoms with Gasteiger partial charge in [0.1, 0.15) is 4.70 Å². The summed E-state index contributed by atoms with van der Waals surface area (Å²) in [6.07, 6.45) is 1.55. The highest BCUT2D eigenvalue weighted by atomic mass is 32.1. The van der Waals surface area contributed by atoms with Gasteiger partial charge in [-0.3, -0.25) is 9.59 Å². The third kappa shape index (κ3) is 3.89. The summed E-state index contributed by atoms with van der Waals surface area (Å²) in [5.74, 6) is 0.120. The van der Waals surface area contributed by atoms with E-state index >= 15 is 0 Å². The maximum atomic E-state index is 12.6. The fraction of sp³-hybridized carbons (Fsp3) is 0.350. The third-order valence-electron chi connectivity index (χ3n) is 5.02. The Bertz CT molecular complexity index is 991. The molecular weight excluding hydrogens is 378 g/mol. The van der Waals surface area contributed by atoms with E-state index in [1.807, 2.05) is 48.7 Å². The van der Waals surface area contributed by atoms with Crippen molar-refractivity contribution < 1.29 is 4.79 Å². The SMILES string of the molecule is C[C@H](NC(=O)C1CCN(c2nc3ccsc3c(=O)s2)CC1)c1ccccc1. The van der Waals surface area contributed by atoms with E-state index in [1.54, 1.807) is 0 Å². The Labute approximate surface area is 165 Å². The van der Waals surface area contributed by atoms with Crippen molar-refractivity contribution >= 4 is 43.9 Å². The number of nitrogens with one attached hydrogen (secondary N) is 1. The Balaban J connectivity index is 1.38. The summed E-state index contributed by atoms with van der Waals surface area (Å²) < 4.78 is 0.800. The van der Waals surface area contributed by atoms with Crippen LogP contribution in [0.4, 0.5) is 5.13 Å². The van der Waals surface area contributed by atoms with Gasteiger partial charge >= 0.3 is 0 Å². The summed E-state index contributed by atoms with van der Waals surface area (Å²) >= 11 is 2.65. The molecule has 1 aliphatic heterocycles. The lowest BCUT2D eigenvalue weighted by atomic mass is 9.95. The molecule has 0 spiro atoms. The van der Waals surface area contributed by atoms with Crippen molar-refractivity contribution in [3.05, 3.63) is 56.9 Å². The lowest BCUT2D eigenvalue weighted by Gasteiger charge is -2.32. The van der Waals surface area contributed by atoms with Crippen LogP contribution in [0.25, 0.3) is 10.2 Å². The molecule has 1 aliphatic rings. The van der Waals surface area contributed by atoms with Crippen LogP contribution < -0.4 is 15.0 Å². The molecule has 1 aromatic carbocycles. The first-order valence-corrected chi connectivity index (χ1v) is 10.8. The van der Waals surface area contributed by atoms with Gasteiger partial charge in [-0.25, -0.2) is 4.98 Å². The topological polar surface area (TPSA) is 62.3 Å². The van der Waals surface area contributed by atoms with Gasteiger partial charge in [-0.15, -0.1) is 11.3 Å². The number of thiophene rings is 1. The Morgan fingerprint density at radius 2 is 1.96 bits per heavy atom. The molecule has 4 rings (SSSR count). The molecule has 2 aromatic heterocycles. The van der Waals surface area contributed by atoms with Crippen molar-refractivity contribution in [2.45, 2.75) is 25.8 Å². The Hall–Kier alpha value is -2.25. The molecule has 5 nitrogen and oxygen atoms in total. The zero-order valence-electron chi connectivity index (χ0n) is 15.1. The Morgan fingerprint density at radius 3 is 2.70 bits per heavy atom. The number of nitrogens with zero attached hydrogens (tertiary/aromatic N) is 2. The van der Waals surface area contributed by atoms with Crippen LogP contribution >= 0.6 is 22.7 Å². The van der Waals surface area contributed by atoms with E-state index in [0.29, 0.717) is 0 Å². The minimum absolute atomic E-state index is 0.00429. The van der Waals surface area contributed by atoms with Gasteiger partial charge in [-0.05, 0) is 36.8 Å². The molecule has 140 valence electrons. The molecule has 3 heterocycles. The van der Waals surface area contributed by atoms with Gasteiger partial charge in [0.15, 0.2) is 5.13 Å². The van der Waals surface area contributed by atoms with Crippen molar-refractivity contribution in [3.8, 4) is 0 Å². The molecule has 0 bridgehead atoms. The number of benzene rings is 1. The summed E-state index contributed by atoms with van der Waals surface area (Å²) in [5, 5.41) is 5.80. The first kappa shape index (κ1) is 18.1. The van der Waals surface area contributed by atoms with Gasteiger partial charge in [0.25, 0.3) is 4.74 Å². The van der Waals surface area contributed by atoms with Crippen molar-refractivity contribution in [2.24, 2.45) is 5.92 Å². The zero-order chi connectivity index (χ0) is 18.8. The second kappa shape index (κ2) is 7.78. The average molecular weight is 400 g/mol. The van der Waals surface area contributed by atoms with Crippen LogP contribution in [-0.2, 0) is 4.79 Å². The van der Waals surface area contributed by atoms with Crippen molar-refractivity contribution in [2.75, 3.05) is 18.0 Å². The summed E-state index contributed by atoms with van der Waals surface area (Å²) in [7, 11) is 0. The highest BCUT2D eigenvalue weighted by molar-refractivity contribution is 7.21. The van der Waals surface area contributed by atoms with Gasteiger partial charge < -0.3 is 10.2 Å². The number of piperidine rings is 1. The maximum Gasteiger partial charge on any atom is 0.255 e. The number of aromatic nitrogens is 1. The minimum Gasteiger partial charge on any atom is -0.349 e. The maximum absolute atomic E-state index is 12.6. The molecule has 0 radical (unpaired) electrons. The molecule has 7 heteroatoms. The van der Waals surface area contributed by atoms with E-state index in [-0.39, 0.29) is 22.6 Å². The first-order valence-electron chi connectivity index (χ1n) is 9.10. The summed E-state index contributed by atoms with van der Waals surface area (Å²) in [4.78, 5) is 31.6. The molecule has 27 heavy (non-hydrogen) atoms. The van der Waals surface area contributed by atoms with Crippen LogP contribution in [0.15, 0.2) is 46.6 Å². The second-order valence-electron chi connectivity index (χ2n) is 6.82. The molecule has 0 aliphatic carbocycles. The van der Waals surface area contributed by atoms with E-state index in [0.717, 1.165) is 46.8 Å². The normalized spacial score (nSPS) is 16.4. The van der Waals surface area contributed by atoms with E-state index in [2.05, 4.69) is 15.2 Å². The number of carbonyl (C=O) groups is 1. The van der Waals surface area contributed by atoms with Gasteiger partial charge in [0.05, 0.1) is 11.6 Å². The monoisotopic (exact) mass is 399 g/mol. The molecule has 0 unspecified atom stereocenters. The van der Waals surface area contributed by atoms with Crippen LogP contribution in [0.1, 0.15) is 31.4 Å². The average Bonchev–Trinajstić information content (AvgIpc) is 3.18. The smallest absolute Gasteiger partial charge is 0.255 e. The predicted octanol–water partition coefficient (Wildman–Crippen LogP) is 3.81. The van der Waals surface area contributed by atoms with Crippen molar-refractivity contribution in [3.63, 3.8) is 0 Å². The molecule has 0 saturated carbocycles. The van der Waals surface area contributed by atoms with Crippen LogP contribution in [0.5, 0.6) is 0 Å². The predicted molar refractivity (Wildman–Crippen MR) is 112 cm³/mol. The number of amides is 1. The summed E-state index contributed by atoms with van der Waals surface area (Å²) in [5.41, 5.74) is 1.89. The number of anilines is 1. The lowest BCUT2D eigenvalue weighted by molar-refractivity contribution is -0.126. The number of rotatable bonds is 4. The van der Waals surface area contributed by atoms with Gasteiger partial charge in [-0.2, -0.15) is 0 Å². The molecule has 1 N–H and O–H groups in total. The number of hydrogen-bond donors (Lipinski definition) is 1. The van der Waals surface area contributed by atoms with Crippen molar-refractivity contribution in [1.82, 2.24) is 10.3 Å². The van der Waals surface area contributed by atoms with Crippen LogP contribution in [0.2, 0.25) is 0 Å². The Kier molecular flexibility index (Phi) is 5.22. The highest BCUT2D eigenvalue weighted by Gasteiger charge is 2.27. The van der Waals surface area contributed by atoms with E-state index in [9.17, 15) is 9.59 Å². The first-order chi connectivity index (χ1) is 13.1. The van der Waals surface area contributed by atoms with E-state index in [1.165, 1.54) is 22.7 Å². The second-order valence-corrected chi connectivity index (χ2v) is 8.68. The summed E-state index contributed by atoms with van der Waals surface area (Å²) in [6.45, 7) is 3.51. The quantitative estimate of drug-likeness (QED) is 0.725. The minimum atomic E-state index is 0.00429. The number of hydrogen-bond acceptors (Lipinski definition) is 6. The lowest BCUT2D eigenvalue weighted by Crippen LogP contribution is -2.41. The van der Waals surface area contributed by atoms with Crippen LogP contribution in [0, 0.1) is 5.92 Å². The molecule has 1 fully saturated rings. The fourth-order valence-electron chi connectivity index (χ4n) is 3.42. The standard InChI is InChI=1S/C20H21N3O2S2/c1-13(14-5-3-2-4-6-14)21-18(24)15-7-10-23(11-8-15)20-22-16-9-12-26-17(16)19(25)27-20/h2-6,9,12-13,15H,7-8,10-11H2,1H3,(H,21,24)/t13-/m0/s1. The molecule has 3 aromatic rings. The van der Waals surface area contributed by atoms with Gasteiger partial charge in [-0.1, -0.05) is 41.7 Å². The highest BCUT2D eigenvalue weighted by Crippen LogP contribution is 2.27. The van der Waals surface area contributed by atoms with Gasteiger partial charge in [0, 0.05) is 19.0 Å². The molecule has 1 amide bonds. The Morgan fingerprint density at radius 1 is 1.22 bits per heavy atom. The van der Waals surface area contributed by atoms with E-state index in [4.69, 9.17) is 0 Å². The van der Waals surface area contributed by atoms with Crippen LogP contribution in [0.3, 0.4) is 0 Å². The molecule has 1 atom stereocenters. The zero-order valence-corrected chi connectivity index (χ0v) is 16.7. The number of carbonyl (C=O) groups excluding carboxylic acids is 1. The molecular formula is C20H21N3O2S2.